The topological polar surface area (TPSA) is 63.6 Å². The first-order chi connectivity index (χ1) is 8.17. The summed E-state index contributed by atoms with van der Waals surface area (Å²) in [4.78, 5) is 20.8. The van der Waals surface area contributed by atoms with Crippen LogP contribution in [-0.4, -0.2) is 24.5 Å². The van der Waals surface area contributed by atoms with Crippen LogP contribution in [0.4, 0.5) is 0 Å². The molecule has 0 aliphatic heterocycles. The van der Waals surface area contributed by atoms with Crippen molar-refractivity contribution in [2.24, 2.45) is 0 Å². The van der Waals surface area contributed by atoms with Crippen molar-refractivity contribution in [2.45, 2.75) is 12.8 Å². The Morgan fingerprint density at radius 3 is 2.88 bits per heavy atom. The summed E-state index contributed by atoms with van der Waals surface area (Å²) in [5.74, 6) is 5.10. The van der Waals surface area contributed by atoms with Crippen LogP contribution >= 0.6 is 0 Å². The molecule has 0 aliphatic rings. The SMILES string of the molecule is COc1ccc(CC(=O)O)c(C#CCC=O)c1. The Bertz CT molecular complexity index is 480. The summed E-state index contributed by atoms with van der Waals surface area (Å²) in [5.41, 5.74) is 1.19. The average molecular weight is 232 g/mol. The maximum Gasteiger partial charge on any atom is 0.307 e. The van der Waals surface area contributed by atoms with Gasteiger partial charge in [0.1, 0.15) is 12.0 Å². The van der Waals surface area contributed by atoms with E-state index in [9.17, 15) is 9.59 Å². The summed E-state index contributed by atoms with van der Waals surface area (Å²) in [6.07, 6.45) is 0.725. The molecule has 4 nitrogen and oxygen atoms in total. The van der Waals surface area contributed by atoms with Crippen LogP contribution in [0.15, 0.2) is 18.2 Å². The van der Waals surface area contributed by atoms with E-state index < -0.39 is 5.97 Å². The number of carboxylic acid groups (broad SMARTS) is 1. The highest BCUT2D eigenvalue weighted by Crippen LogP contribution is 2.17. The molecule has 0 saturated carbocycles. The third-order valence-corrected chi connectivity index (χ3v) is 2.07. The highest BCUT2D eigenvalue weighted by atomic mass is 16.5. The largest absolute Gasteiger partial charge is 0.497 e. The third kappa shape index (κ3) is 3.99. The zero-order valence-electron chi connectivity index (χ0n) is 9.40. The second-order valence-electron chi connectivity index (χ2n) is 3.27. The van der Waals surface area contributed by atoms with Crippen molar-refractivity contribution < 1.29 is 19.4 Å². The molecular formula is C13H12O4. The molecule has 0 aliphatic carbocycles. The van der Waals surface area contributed by atoms with Gasteiger partial charge in [-0.05, 0) is 17.7 Å². The molecule has 0 unspecified atom stereocenters. The Hall–Kier alpha value is -2.28. The van der Waals surface area contributed by atoms with Crippen LogP contribution in [0, 0.1) is 11.8 Å². The van der Waals surface area contributed by atoms with Crippen molar-refractivity contribution in [1.82, 2.24) is 0 Å². The van der Waals surface area contributed by atoms with Gasteiger partial charge in [0.2, 0.25) is 0 Å². The first-order valence-electron chi connectivity index (χ1n) is 4.98. The molecule has 0 aromatic heterocycles. The summed E-state index contributed by atoms with van der Waals surface area (Å²) in [6, 6.07) is 5.01. The van der Waals surface area contributed by atoms with Gasteiger partial charge in [-0.15, -0.1) is 0 Å². The minimum absolute atomic E-state index is 0.102. The highest BCUT2D eigenvalue weighted by molar-refractivity contribution is 5.71. The zero-order valence-corrected chi connectivity index (χ0v) is 9.40. The van der Waals surface area contributed by atoms with Crippen molar-refractivity contribution in [3.8, 4) is 17.6 Å². The third-order valence-electron chi connectivity index (χ3n) is 2.07. The normalized spacial score (nSPS) is 9.00. The molecule has 0 heterocycles. The van der Waals surface area contributed by atoms with E-state index in [0.717, 1.165) is 0 Å². The lowest BCUT2D eigenvalue weighted by Gasteiger charge is -2.05. The summed E-state index contributed by atoms with van der Waals surface area (Å²) in [5, 5.41) is 8.75. The Morgan fingerprint density at radius 2 is 2.29 bits per heavy atom. The molecule has 1 aromatic carbocycles. The van der Waals surface area contributed by atoms with E-state index >= 15 is 0 Å². The Morgan fingerprint density at radius 1 is 1.53 bits per heavy atom. The van der Waals surface area contributed by atoms with Gasteiger partial charge in [-0.1, -0.05) is 17.9 Å². The molecule has 0 amide bonds. The average Bonchev–Trinajstić information content (AvgIpc) is 2.30. The second kappa shape index (κ2) is 6.33. The Labute approximate surface area is 99.2 Å². The summed E-state index contributed by atoms with van der Waals surface area (Å²) in [7, 11) is 1.52. The standard InChI is InChI=1S/C13H12O4/c1-17-12-6-5-11(9-13(15)16)10(8-12)4-2-3-7-14/h5-8H,3,9H2,1H3,(H,15,16). The van der Waals surface area contributed by atoms with Crippen LogP contribution in [0.5, 0.6) is 5.75 Å². The number of hydrogen-bond acceptors (Lipinski definition) is 3. The molecule has 0 fully saturated rings. The zero-order chi connectivity index (χ0) is 12.7. The van der Waals surface area contributed by atoms with Crippen LogP contribution in [0.2, 0.25) is 0 Å². The molecule has 0 spiro atoms. The van der Waals surface area contributed by atoms with Crippen molar-refractivity contribution in [3.05, 3.63) is 29.3 Å². The van der Waals surface area contributed by atoms with Crippen LogP contribution in [-0.2, 0) is 16.0 Å². The maximum atomic E-state index is 10.7. The molecular weight excluding hydrogens is 220 g/mol. The van der Waals surface area contributed by atoms with Crippen LogP contribution < -0.4 is 4.74 Å². The number of hydrogen-bond donors (Lipinski definition) is 1. The van der Waals surface area contributed by atoms with Gasteiger partial charge < -0.3 is 14.6 Å². The lowest BCUT2D eigenvalue weighted by Crippen LogP contribution is -2.02. The van der Waals surface area contributed by atoms with Gasteiger partial charge in [-0.2, -0.15) is 0 Å². The molecule has 0 radical (unpaired) electrons. The number of carbonyl (C=O) groups is 2. The molecule has 88 valence electrons. The first kappa shape index (κ1) is 12.8. The Balaban J connectivity index is 3.07. The molecule has 0 saturated heterocycles. The van der Waals surface area contributed by atoms with E-state index in [1.54, 1.807) is 18.2 Å². The second-order valence-corrected chi connectivity index (χ2v) is 3.27. The van der Waals surface area contributed by atoms with E-state index in [2.05, 4.69) is 11.8 Å². The van der Waals surface area contributed by atoms with E-state index in [1.807, 2.05) is 0 Å². The minimum atomic E-state index is -0.923. The van der Waals surface area contributed by atoms with Crippen LogP contribution in [0.25, 0.3) is 0 Å². The van der Waals surface area contributed by atoms with Gasteiger partial charge in [0.05, 0.1) is 20.0 Å². The van der Waals surface area contributed by atoms with Crippen LogP contribution in [0.3, 0.4) is 0 Å². The number of carbonyl (C=O) groups excluding carboxylic acids is 1. The monoisotopic (exact) mass is 232 g/mol. The van der Waals surface area contributed by atoms with E-state index in [-0.39, 0.29) is 12.8 Å². The quantitative estimate of drug-likeness (QED) is 0.627. The van der Waals surface area contributed by atoms with Gasteiger partial charge in [-0.3, -0.25) is 4.79 Å². The molecule has 1 rings (SSSR count). The number of carboxylic acids is 1. The Kier molecular flexibility index (Phi) is 4.77. The number of aliphatic carboxylic acids is 1. The van der Waals surface area contributed by atoms with E-state index in [1.165, 1.54) is 7.11 Å². The molecule has 1 aromatic rings. The summed E-state index contributed by atoms with van der Waals surface area (Å²) >= 11 is 0. The number of benzene rings is 1. The van der Waals surface area contributed by atoms with E-state index in [0.29, 0.717) is 23.2 Å². The predicted molar refractivity (Wildman–Crippen MR) is 61.9 cm³/mol. The fourth-order valence-corrected chi connectivity index (χ4v) is 1.30. The minimum Gasteiger partial charge on any atom is -0.497 e. The molecule has 1 N–H and O–H groups in total. The van der Waals surface area contributed by atoms with Crippen molar-refractivity contribution >= 4 is 12.3 Å². The fourth-order valence-electron chi connectivity index (χ4n) is 1.30. The summed E-state index contributed by atoms with van der Waals surface area (Å²) in [6.45, 7) is 0. The van der Waals surface area contributed by atoms with E-state index in [4.69, 9.17) is 9.84 Å². The number of rotatable bonds is 4. The fraction of sp³-hybridized carbons (Fsp3) is 0.231. The smallest absolute Gasteiger partial charge is 0.307 e. The molecule has 17 heavy (non-hydrogen) atoms. The van der Waals surface area contributed by atoms with Gasteiger partial charge in [-0.25, -0.2) is 0 Å². The first-order valence-corrected chi connectivity index (χ1v) is 4.98. The van der Waals surface area contributed by atoms with Gasteiger partial charge in [0.15, 0.2) is 0 Å². The number of aldehydes is 1. The number of ether oxygens (including phenoxy) is 1. The summed E-state index contributed by atoms with van der Waals surface area (Å²) < 4.78 is 5.04. The van der Waals surface area contributed by atoms with Crippen molar-refractivity contribution in [2.75, 3.05) is 7.11 Å². The molecule has 4 heteroatoms. The van der Waals surface area contributed by atoms with Gasteiger partial charge in [0.25, 0.3) is 0 Å². The highest BCUT2D eigenvalue weighted by Gasteiger charge is 2.06. The predicted octanol–water partition coefficient (Wildman–Crippen LogP) is 1.26. The van der Waals surface area contributed by atoms with Crippen molar-refractivity contribution in [1.29, 1.82) is 0 Å². The van der Waals surface area contributed by atoms with Crippen LogP contribution in [0.1, 0.15) is 17.5 Å². The number of methoxy groups -OCH3 is 1. The van der Waals surface area contributed by atoms with Gasteiger partial charge >= 0.3 is 5.97 Å². The lowest BCUT2D eigenvalue weighted by atomic mass is 10.0. The maximum absolute atomic E-state index is 10.7. The lowest BCUT2D eigenvalue weighted by molar-refractivity contribution is -0.136. The molecule has 0 bridgehead atoms. The molecule has 0 atom stereocenters. The van der Waals surface area contributed by atoms with Crippen molar-refractivity contribution in [3.63, 3.8) is 0 Å². The van der Waals surface area contributed by atoms with Gasteiger partial charge in [0, 0.05) is 5.56 Å².